The van der Waals surface area contributed by atoms with Crippen LogP contribution < -0.4 is 0 Å². The van der Waals surface area contributed by atoms with Crippen LogP contribution in [0.15, 0.2) is 30.3 Å². The fourth-order valence-electron chi connectivity index (χ4n) is 2.24. The number of benzene rings is 1. The third-order valence-corrected chi connectivity index (χ3v) is 4.99. The van der Waals surface area contributed by atoms with Gasteiger partial charge in [-0.3, -0.25) is 4.79 Å². The molecule has 98 valence electrons. The molecular formula is C12H15NO4S. The molecule has 1 N–H and O–H groups in total. The Morgan fingerprint density at radius 2 is 2.00 bits per heavy atom. The Bertz CT molecular complexity index is 526. The molecule has 5 nitrogen and oxygen atoms in total. The van der Waals surface area contributed by atoms with E-state index in [-0.39, 0.29) is 12.2 Å². The van der Waals surface area contributed by atoms with Gasteiger partial charge in [0.15, 0.2) is 0 Å². The van der Waals surface area contributed by atoms with Gasteiger partial charge in [0.1, 0.15) is 0 Å². The lowest BCUT2D eigenvalue weighted by Crippen LogP contribution is -2.32. The van der Waals surface area contributed by atoms with Gasteiger partial charge in [-0.05, 0) is 12.0 Å². The summed E-state index contributed by atoms with van der Waals surface area (Å²) in [6.07, 6.45) is 0.356. The number of carboxylic acids is 1. The van der Waals surface area contributed by atoms with Gasteiger partial charge in [0, 0.05) is 6.54 Å². The van der Waals surface area contributed by atoms with E-state index >= 15 is 0 Å². The molecule has 0 saturated carbocycles. The van der Waals surface area contributed by atoms with Gasteiger partial charge in [-0.15, -0.1) is 0 Å². The Morgan fingerprint density at radius 3 is 2.50 bits per heavy atom. The first-order valence-corrected chi connectivity index (χ1v) is 7.38. The van der Waals surface area contributed by atoms with Crippen molar-refractivity contribution in [3.05, 3.63) is 35.9 Å². The second-order valence-corrected chi connectivity index (χ2v) is 6.35. The zero-order chi connectivity index (χ0) is 13.2. The summed E-state index contributed by atoms with van der Waals surface area (Å²) in [7, 11) is -3.31. The van der Waals surface area contributed by atoms with Crippen LogP contribution in [0.3, 0.4) is 0 Å². The predicted molar refractivity (Wildman–Crippen MR) is 66.5 cm³/mol. The third-order valence-electron chi connectivity index (χ3n) is 3.04. The summed E-state index contributed by atoms with van der Waals surface area (Å²) in [5.41, 5.74) is 0.727. The molecule has 6 heteroatoms. The molecule has 0 aliphatic carbocycles. The Labute approximate surface area is 106 Å². The Kier molecular flexibility index (Phi) is 3.68. The van der Waals surface area contributed by atoms with Crippen molar-refractivity contribution >= 4 is 16.0 Å². The van der Waals surface area contributed by atoms with Crippen LogP contribution in [-0.4, -0.2) is 36.1 Å². The molecule has 1 heterocycles. The molecule has 1 fully saturated rings. The standard InChI is InChI=1S/C12H15NO4S/c14-12(15)9-11(10-5-2-1-3-6-10)13-7-4-8-18(13,16)17/h1-3,5-6,11H,4,7-9H2,(H,14,15). The van der Waals surface area contributed by atoms with Gasteiger partial charge in [0.25, 0.3) is 0 Å². The highest BCUT2D eigenvalue weighted by atomic mass is 32.2. The van der Waals surface area contributed by atoms with E-state index in [1.54, 1.807) is 24.3 Å². The van der Waals surface area contributed by atoms with Gasteiger partial charge in [0.2, 0.25) is 10.0 Å². The molecule has 1 aromatic rings. The fourth-order valence-corrected chi connectivity index (χ4v) is 3.96. The maximum atomic E-state index is 11.9. The largest absolute Gasteiger partial charge is 0.481 e. The number of hydrogen-bond acceptors (Lipinski definition) is 3. The van der Waals surface area contributed by atoms with Crippen molar-refractivity contribution in [1.82, 2.24) is 4.31 Å². The van der Waals surface area contributed by atoms with Crippen molar-refractivity contribution in [3.8, 4) is 0 Å². The summed E-state index contributed by atoms with van der Waals surface area (Å²) in [5, 5.41) is 8.95. The summed E-state index contributed by atoms with van der Waals surface area (Å²) in [5.74, 6) is -0.887. The normalized spacial score (nSPS) is 20.7. The molecule has 0 spiro atoms. The zero-order valence-electron chi connectivity index (χ0n) is 9.82. The lowest BCUT2D eigenvalue weighted by molar-refractivity contribution is -0.138. The van der Waals surface area contributed by atoms with Gasteiger partial charge in [-0.2, -0.15) is 4.31 Å². The van der Waals surface area contributed by atoms with E-state index in [0.29, 0.717) is 13.0 Å². The van der Waals surface area contributed by atoms with Crippen molar-refractivity contribution in [2.75, 3.05) is 12.3 Å². The topological polar surface area (TPSA) is 74.7 Å². The van der Waals surface area contributed by atoms with Crippen molar-refractivity contribution in [3.63, 3.8) is 0 Å². The Balaban J connectivity index is 2.34. The number of nitrogens with zero attached hydrogens (tertiary/aromatic N) is 1. The van der Waals surface area contributed by atoms with E-state index in [9.17, 15) is 13.2 Å². The lowest BCUT2D eigenvalue weighted by atomic mass is 10.0. The lowest BCUT2D eigenvalue weighted by Gasteiger charge is -2.25. The van der Waals surface area contributed by atoms with Crippen LogP contribution in [0, 0.1) is 0 Å². The van der Waals surface area contributed by atoms with Crippen molar-refractivity contribution in [2.24, 2.45) is 0 Å². The average molecular weight is 269 g/mol. The number of rotatable bonds is 4. The minimum Gasteiger partial charge on any atom is -0.481 e. The first kappa shape index (κ1) is 13.0. The number of sulfonamides is 1. The number of aliphatic carboxylic acids is 1. The first-order valence-electron chi connectivity index (χ1n) is 5.77. The molecule has 1 atom stereocenters. The highest BCUT2D eigenvalue weighted by Crippen LogP contribution is 2.30. The molecule has 1 aromatic carbocycles. The minimum atomic E-state index is -3.31. The predicted octanol–water partition coefficient (Wildman–Crippen LogP) is 1.24. The van der Waals surface area contributed by atoms with Crippen molar-refractivity contribution in [2.45, 2.75) is 18.9 Å². The smallest absolute Gasteiger partial charge is 0.305 e. The van der Waals surface area contributed by atoms with Crippen LogP contribution in [0.1, 0.15) is 24.4 Å². The van der Waals surface area contributed by atoms with E-state index in [2.05, 4.69) is 0 Å². The number of hydrogen-bond donors (Lipinski definition) is 1. The Hall–Kier alpha value is -1.40. The summed E-state index contributed by atoms with van der Waals surface area (Å²) >= 11 is 0. The van der Waals surface area contributed by atoms with Crippen LogP contribution in [-0.2, 0) is 14.8 Å². The molecule has 0 radical (unpaired) electrons. The van der Waals surface area contributed by atoms with Gasteiger partial charge in [-0.25, -0.2) is 8.42 Å². The Morgan fingerprint density at radius 1 is 1.33 bits per heavy atom. The summed E-state index contributed by atoms with van der Waals surface area (Å²) in [6, 6.07) is 8.32. The molecule has 1 saturated heterocycles. The van der Waals surface area contributed by atoms with Crippen molar-refractivity contribution < 1.29 is 18.3 Å². The van der Waals surface area contributed by atoms with Crippen molar-refractivity contribution in [1.29, 1.82) is 0 Å². The SMILES string of the molecule is O=C(O)CC(c1ccccc1)N1CCCS1(=O)=O. The van der Waals surface area contributed by atoms with E-state index in [1.807, 2.05) is 6.07 Å². The first-order chi connectivity index (χ1) is 8.50. The summed E-state index contributed by atoms with van der Waals surface area (Å²) in [4.78, 5) is 10.9. The summed E-state index contributed by atoms with van der Waals surface area (Å²) in [6.45, 7) is 0.398. The minimum absolute atomic E-state index is 0.107. The van der Waals surface area contributed by atoms with Crippen LogP contribution in [0.5, 0.6) is 0 Å². The molecule has 1 unspecified atom stereocenters. The molecular weight excluding hydrogens is 254 g/mol. The van der Waals surface area contributed by atoms with Crippen LogP contribution in [0.4, 0.5) is 0 Å². The average Bonchev–Trinajstić information content (AvgIpc) is 2.67. The molecule has 0 bridgehead atoms. The quantitative estimate of drug-likeness (QED) is 0.892. The van der Waals surface area contributed by atoms with Crippen LogP contribution in [0.25, 0.3) is 0 Å². The zero-order valence-corrected chi connectivity index (χ0v) is 10.6. The highest BCUT2D eigenvalue weighted by molar-refractivity contribution is 7.89. The monoisotopic (exact) mass is 269 g/mol. The highest BCUT2D eigenvalue weighted by Gasteiger charge is 2.36. The molecule has 1 aliphatic heterocycles. The molecule has 1 aliphatic rings. The fraction of sp³-hybridized carbons (Fsp3) is 0.417. The maximum absolute atomic E-state index is 11.9. The van der Waals surface area contributed by atoms with Crippen LogP contribution >= 0.6 is 0 Å². The maximum Gasteiger partial charge on any atom is 0.305 e. The second-order valence-electron chi connectivity index (χ2n) is 4.30. The molecule has 18 heavy (non-hydrogen) atoms. The molecule has 0 amide bonds. The molecule has 0 aromatic heterocycles. The third kappa shape index (κ3) is 2.70. The molecule has 2 rings (SSSR count). The van der Waals surface area contributed by atoms with Gasteiger partial charge in [0.05, 0.1) is 18.2 Å². The number of carboxylic acid groups (broad SMARTS) is 1. The second kappa shape index (κ2) is 5.07. The van der Waals surface area contributed by atoms with E-state index < -0.39 is 22.0 Å². The van der Waals surface area contributed by atoms with Crippen LogP contribution in [0.2, 0.25) is 0 Å². The number of carbonyl (C=O) groups is 1. The van der Waals surface area contributed by atoms with E-state index in [1.165, 1.54) is 4.31 Å². The van der Waals surface area contributed by atoms with Gasteiger partial charge in [-0.1, -0.05) is 30.3 Å². The van der Waals surface area contributed by atoms with E-state index in [0.717, 1.165) is 5.56 Å². The van der Waals surface area contributed by atoms with Gasteiger partial charge >= 0.3 is 5.97 Å². The summed E-state index contributed by atoms with van der Waals surface area (Å²) < 4.78 is 25.1. The van der Waals surface area contributed by atoms with Gasteiger partial charge < -0.3 is 5.11 Å². The van der Waals surface area contributed by atoms with E-state index in [4.69, 9.17) is 5.11 Å².